The van der Waals surface area contributed by atoms with Gasteiger partial charge in [-0.15, -0.1) is 12.4 Å². The number of carbonyl (C=O) groups excluding carboxylic acids is 2. The Morgan fingerprint density at radius 3 is 2.12 bits per heavy atom. The number of nitrogens with two attached hydrogens (primary N) is 1. The molecule has 4 atom stereocenters. The van der Waals surface area contributed by atoms with E-state index in [1.54, 1.807) is 0 Å². The van der Waals surface area contributed by atoms with Crippen LogP contribution in [0.4, 0.5) is 0 Å². The van der Waals surface area contributed by atoms with Crippen LogP contribution in [0.25, 0.3) is 0 Å². The minimum Gasteiger partial charge on any atom is -0.351 e. The summed E-state index contributed by atoms with van der Waals surface area (Å²) in [7, 11) is 0. The van der Waals surface area contributed by atoms with Crippen molar-refractivity contribution in [2.75, 3.05) is 6.54 Å². The molecule has 2 fully saturated rings. The zero-order valence-electron chi connectivity index (χ0n) is 19.2. The van der Waals surface area contributed by atoms with Gasteiger partial charge in [0.1, 0.15) is 0 Å². The summed E-state index contributed by atoms with van der Waals surface area (Å²) in [5, 5.41) is 6.42. The van der Waals surface area contributed by atoms with E-state index in [0.717, 1.165) is 36.8 Å². The normalized spacial score (nSPS) is 23.3. The van der Waals surface area contributed by atoms with Crippen LogP contribution >= 0.6 is 12.4 Å². The first kappa shape index (κ1) is 25.2. The fraction of sp³-hybridized carbons (Fsp3) is 0.462. The lowest BCUT2D eigenvalue weighted by Crippen LogP contribution is -2.56. The van der Waals surface area contributed by atoms with Crippen LogP contribution in [0.2, 0.25) is 0 Å². The van der Waals surface area contributed by atoms with Gasteiger partial charge in [-0.3, -0.25) is 14.5 Å². The predicted octanol–water partition coefficient (Wildman–Crippen LogP) is 3.16. The van der Waals surface area contributed by atoms with E-state index in [4.69, 9.17) is 5.73 Å². The number of amides is 2. The van der Waals surface area contributed by atoms with Crippen molar-refractivity contribution in [2.24, 2.45) is 5.73 Å². The van der Waals surface area contributed by atoms with Crippen LogP contribution in [0.1, 0.15) is 56.2 Å². The molecule has 2 saturated heterocycles. The fourth-order valence-electron chi connectivity index (χ4n) is 5.04. The van der Waals surface area contributed by atoms with Gasteiger partial charge in [0.2, 0.25) is 11.8 Å². The smallest absolute Gasteiger partial charge is 0.238 e. The Hall–Kier alpha value is -2.41. The van der Waals surface area contributed by atoms with Gasteiger partial charge in [-0.25, -0.2) is 0 Å². The molecular formula is C26H35ClN4O2. The van der Waals surface area contributed by atoms with Gasteiger partial charge in [-0.1, -0.05) is 67.6 Å². The predicted molar refractivity (Wildman–Crippen MR) is 133 cm³/mol. The molecular weight excluding hydrogens is 436 g/mol. The summed E-state index contributed by atoms with van der Waals surface area (Å²) < 4.78 is 0. The van der Waals surface area contributed by atoms with Gasteiger partial charge in [-0.2, -0.15) is 0 Å². The van der Waals surface area contributed by atoms with Crippen LogP contribution in [0, 0.1) is 0 Å². The van der Waals surface area contributed by atoms with Crippen LogP contribution in [0.3, 0.4) is 0 Å². The van der Waals surface area contributed by atoms with E-state index in [2.05, 4.69) is 39.8 Å². The van der Waals surface area contributed by atoms with Crippen molar-refractivity contribution < 1.29 is 9.59 Å². The number of rotatable bonds is 7. The number of benzene rings is 2. The maximum absolute atomic E-state index is 13.5. The van der Waals surface area contributed by atoms with Crippen LogP contribution in [0.5, 0.6) is 0 Å². The summed E-state index contributed by atoms with van der Waals surface area (Å²) in [6, 6.07) is 19.8. The molecule has 0 aromatic heterocycles. The molecule has 7 heteroatoms. The largest absolute Gasteiger partial charge is 0.351 e. The van der Waals surface area contributed by atoms with Gasteiger partial charge in [0, 0.05) is 18.6 Å². The van der Waals surface area contributed by atoms with Crippen LogP contribution in [-0.4, -0.2) is 47.4 Å². The highest BCUT2D eigenvalue weighted by atomic mass is 35.5. The summed E-state index contributed by atoms with van der Waals surface area (Å²) in [6.07, 6.45) is 4.43. The third kappa shape index (κ3) is 5.94. The second kappa shape index (κ2) is 11.6. The standard InChI is InChI=1S/C26H34N4O2.ClH/c1-2-22(27)25(31)28-20-13-14-21-15-16-23(30(21)17-20)26(32)29-24(18-9-5-3-6-10-18)19-11-7-4-8-12-19;/h3-12,20-24H,2,13-17,27H2,1H3,(H,28,31)(H,29,32);1H/t20-,21?,22-,23-;/m0./s1. The van der Waals surface area contributed by atoms with Crippen molar-refractivity contribution in [1.29, 1.82) is 0 Å². The molecule has 0 saturated carbocycles. The number of halogens is 1. The molecule has 0 aliphatic carbocycles. The summed E-state index contributed by atoms with van der Waals surface area (Å²) in [5.41, 5.74) is 8.03. The van der Waals surface area contributed by atoms with Gasteiger partial charge in [-0.05, 0) is 43.2 Å². The number of hydrogen-bond acceptors (Lipinski definition) is 4. The van der Waals surface area contributed by atoms with Crippen molar-refractivity contribution in [3.63, 3.8) is 0 Å². The Kier molecular flexibility index (Phi) is 8.89. The molecule has 4 N–H and O–H groups in total. The summed E-state index contributed by atoms with van der Waals surface area (Å²) in [5.74, 6) is -0.0354. The Balaban J connectivity index is 0.00000306. The third-order valence-corrected chi connectivity index (χ3v) is 6.90. The molecule has 2 aromatic carbocycles. The Labute approximate surface area is 202 Å². The third-order valence-electron chi connectivity index (χ3n) is 6.90. The molecule has 0 bridgehead atoms. The van der Waals surface area contributed by atoms with Gasteiger partial charge >= 0.3 is 0 Å². The molecule has 178 valence electrons. The molecule has 2 amide bonds. The van der Waals surface area contributed by atoms with E-state index in [0.29, 0.717) is 19.0 Å². The lowest BCUT2D eigenvalue weighted by atomic mass is 9.97. The van der Waals surface area contributed by atoms with Crippen LogP contribution in [-0.2, 0) is 9.59 Å². The second-order valence-electron chi connectivity index (χ2n) is 9.00. The number of nitrogens with one attached hydrogen (secondary N) is 2. The van der Waals surface area contributed by atoms with E-state index < -0.39 is 6.04 Å². The fourth-order valence-corrected chi connectivity index (χ4v) is 5.04. The average Bonchev–Trinajstić information content (AvgIpc) is 3.26. The minimum atomic E-state index is -0.470. The maximum Gasteiger partial charge on any atom is 0.238 e. The number of carbonyl (C=O) groups is 2. The highest BCUT2D eigenvalue weighted by Gasteiger charge is 2.42. The van der Waals surface area contributed by atoms with E-state index in [1.165, 1.54) is 0 Å². The second-order valence-corrected chi connectivity index (χ2v) is 9.00. The zero-order valence-corrected chi connectivity index (χ0v) is 20.0. The molecule has 6 nitrogen and oxygen atoms in total. The lowest BCUT2D eigenvalue weighted by Gasteiger charge is -2.38. The van der Waals surface area contributed by atoms with Gasteiger partial charge < -0.3 is 16.4 Å². The van der Waals surface area contributed by atoms with Crippen molar-refractivity contribution in [3.05, 3.63) is 71.8 Å². The summed E-state index contributed by atoms with van der Waals surface area (Å²) in [6.45, 7) is 2.62. The maximum atomic E-state index is 13.5. The number of hydrogen-bond donors (Lipinski definition) is 3. The van der Waals surface area contributed by atoms with E-state index in [-0.39, 0.29) is 42.3 Å². The van der Waals surface area contributed by atoms with Crippen molar-refractivity contribution >= 4 is 24.2 Å². The molecule has 2 heterocycles. The quantitative estimate of drug-likeness (QED) is 0.580. The summed E-state index contributed by atoms with van der Waals surface area (Å²) >= 11 is 0. The number of fused-ring (bicyclic) bond motifs is 1. The van der Waals surface area contributed by atoms with E-state index in [1.807, 2.05) is 43.3 Å². The molecule has 2 aromatic rings. The first-order chi connectivity index (χ1) is 15.6. The highest BCUT2D eigenvalue weighted by Crippen LogP contribution is 2.32. The molecule has 4 rings (SSSR count). The topological polar surface area (TPSA) is 87.5 Å². The van der Waals surface area contributed by atoms with Gasteiger partial charge in [0.15, 0.2) is 0 Å². The zero-order chi connectivity index (χ0) is 22.5. The van der Waals surface area contributed by atoms with Crippen molar-refractivity contribution in [2.45, 2.75) is 69.2 Å². The lowest BCUT2D eigenvalue weighted by molar-refractivity contribution is -0.127. The molecule has 2 aliphatic heterocycles. The molecule has 2 aliphatic rings. The van der Waals surface area contributed by atoms with Crippen molar-refractivity contribution in [1.82, 2.24) is 15.5 Å². The van der Waals surface area contributed by atoms with E-state index in [9.17, 15) is 9.59 Å². The Morgan fingerprint density at radius 1 is 0.970 bits per heavy atom. The van der Waals surface area contributed by atoms with Crippen LogP contribution < -0.4 is 16.4 Å². The molecule has 0 spiro atoms. The minimum absolute atomic E-state index is 0. The SMILES string of the molecule is CC[C@H](N)C(=O)N[C@H]1CCC2CC[C@@H](C(=O)NC(c3ccccc3)c3ccccc3)N2C1.Cl. The Morgan fingerprint density at radius 2 is 1.55 bits per heavy atom. The highest BCUT2D eigenvalue weighted by molar-refractivity contribution is 5.85. The first-order valence-electron chi connectivity index (χ1n) is 11.8. The van der Waals surface area contributed by atoms with Gasteiger partial charge in [0.25, 0.3) is 0 Å². The number of piperidine rings is 1. The first-order valence-corrected chi connectivity index (χ1v) is 11.8. The summed E-state index contributed by atoms with van der Waals surface area (Å²) in [4.78, 5) is 28.1. The molecule has 0 radical (unpaired) electrons. The monoisotopic (exact) mass is 470 g/mol. The number of nitrogens with zero attached hydrogens (tertiary/aromatic N) is 1. The van der Waals surface area contributed by atoms with Gasteiger partial charge in [0.05, 0.1) is 18.1 Å². The van der Waals surface area contributed by atoms with Crippen LogP contribution in [0.15, 0.2) is 60.7 Å². The average molecular weight is 471 g/mol. The molecule has 1 unspecified atom stereocenters. The Bertz CT molecular complexity index is 872. The molecule has 33 heavy (non-hydrogen) atoms. The van der Waals surface area contributed by atoms with E-state index >= 15 is 0 Å². The van der Waals surface area contributed by atoms with Crippen molar-refractivity contribution in [3.8, 4) is 0 Å².